The zero-order valence-corrected chi connectivity index (χ0v) is 15.2. The van der Waals surface area contributed by atoms with Crippen LogP contribution in [0.25, 0.3) is 0 Å². The number of carbonyl (C=O) groups is 1. The van der Waals surface area contributed by atoms with Gasteiger partial charge in [0, 0.05) is 0 Å². The van der Waals surface area contributed by atoms with E-state index < -0.39 is 8.32 Å². The van der Waals surface area contributed by atoms with Gasteiger partial charge in [-0.1, -0.05) is 38.5 Å². The van der Waals surface area contributed by atoms with Gasteiger partial charge in [-0.3, -0.25) is 4.79 Å². The van der Waals surface area contributed by atoms with Crippen LogP contribution in [0.5, 0.6) is 0 Å². The number of rotatable bonds is 9. The predicted molar refractivity (Wildman–Crippen MR) is 90.6 cm³/mol. The summed E-state index contributed by atoms with van der Waals surface area (Å²) in [5.41, 5.74) is 1.17. The molecule has 0 unspecified atom stereocenters. The molecule has 0 aromatic rings. The normalized spacial score (nSPS) is 14.0. The van der Waals surface area contributed by atoms with Crippen molar-refractivity contribution in [1.29, 1.82) is 0 Å². The summed E-state index contributed by atoms with van der Waals surface area (Å²) in [6.07, 6.45) is 11.3. The number of carbonyl (C=O) groups excluding carboxylic acids is 1. The molecule has 0 rings (SSSR count). The second-order valence-electron chi connectivity index (χ2n) is 6.94. The van der Waals surface area contributed by atoms with Crippen LogP contribution in [0.15, 0.2) is 23.8 Å². The van der Waals surface area contributed by atoms with Crippen molar-refractivity contribution < 1.29 is 9.22 Å². The minimum Gasteiger partial charge on any atom is -0.413 e. The lowest BCUT2D eigenvalue weighted by molar-refractivity contribution is -0.104. The minimum absolute atomic E-state index is 0.281. The Bertz CT molecular complexity index is 335. The Kier molecular flexibility index (Phi) is 8.98. The standard InChI is InChI=1S/C17H32O2Si/c1-16(13-14-18)12-10-8-7-9-11-15-19-20(5,6)17(2,3)4/h9,11,13-14H,7-8,10,12,15H2,1-6H3/b11-9+,16-13-. The summed E-state index contributed by atoms with van der Waals surface area (Å²) in [7, 11) is -1.60. The van der Waals surface area contributed by atoms with Gasteiger partial charge >= 0.3 is 0 Å². The summed E-state index contributed by atoms with van der Waals surface area (Å²) in [6.45, 7) is 14.1. The van der Waals surface area contributed by atoms with Crippen molar-refractivity contribution in [3.05, 3.63) is 23.8 Å². The molecule has 0 saturated carbocycles. The van der Waals surface area contributed by atoms with Crippen LogP contribution >= 0.6 is 0 Å². The number of unbranched alkanes of at least 4 members (excludes halogenated alkanes) is 2. The second kappa shape index (κ2) is 9.30. The van der Waals surface area contributed by atoms with E-state index in [0.29, 0.717) is 0 Å². The van der Waals surface area contributed by atoms with E-state index in [0.717, 1.165) is 32.2 Å². The SMILES string of the molecule is C/C(=C/C=O)CCCC/C=C/CO[Si](C)(C)C(C)(C)C. The van der Waals surface area contributed by atoms with Crippen molar-refractivity contribution in [3.8, 4) is 0 Å². The molecule has 0 heterocycles. The fraction of sp³-hybridized carbons (Fsp3) is 0.706. The van der Waals surface area contributed by atoms with Gasteiger partial charge in [0.1, 0.15) is 6.29 Å². The number of aldehydes is 1. The summed E-state index contributed by atoms with van der Waals surface area (Å²) in [5.74, 6) is 0. The van der Waals surface area contributed by atoms with Gasteiger partial charge in [0.05, 0.1) is 6.61 Å². The molecule has 0 aliphatic carbocycles. The number of hydrogen-bond acceptors (Lipinski definition) is 2. The van der Waals surface area contributed by atoms with Gasteiger partial charge in [0.25, 0.3) is 0 Å². The molecule has 0 aromatic carbocycles. The van der Waals surface area contributed by atoms with Crippen molar-refractivity contribution in [3.63, 3.8) is 0 Å². The van der Waals surface area contributed by atoms with Crippen LogP contribution in [0, 0.1) is 0 Å². The lowest BCUT2D eigenvalue weighted by Gasteiger charge is -2.35. The molecular weight excluding hydrogens is 264 g/mol. The Morgan fingerprint density at radius 2 is 1.80 bits per heavy atom. The zero-order chi connectivity index (χ0) is 15.6. The Balaban J connectivity index is 3.74. The average Bonchev–Trinajstić information content (AvgIpc) is 2.31. The Hall–Kier alpha value is -0.673. The molecule has 0 bridgehead atoms. The van der Waals surface area contributed by atoms with Gasteiger partial charge in [0.15, 0.2) is 8.32 Å². The maximum atomic E-state index is 10.3. The van der Waals surface area contributed by atoms with E-state index in [9.17, 15) is 4.79 Å². The van der Waals surface area contributed by atoms with Crippen LogP contribution in [-0.2, 0) is 9.22 Å². The minimum atomic E-state index is -1.60. The molecule has 0 aliphatic rings. The highest BCUT2D eigenvalue weighted by atomic mass is 28.4. The molecule has 3 heteroatoms. The van der Waals surface area contributed by atoms with Crippen molar-refractivity contribution >= 4 is 14.6 Å². The molecule has 0 radical (unpaired) electrons. The van der Waals surface area contributed by atoms with Crippen molar-refractivity contribution in [2.45, 2.75) is 71.5 Å². The molecular formula is C17H32O2Si. The van der Waals surface area contributed by atoms with Gasteiger partial charge in [0.2, 0.25) is 0 Å². The topological polar surface area (TPSA) is 26.3 Å². The smallest absolute Gasteiger partial charge is 0.192 e. The van der Waals surface area contributed by atoms with Crippen LogP contribution in [0.1, 0.15) is 53.4 Å². The fourth-order valence-electron chi connectivity index (χ4n) is 1.52. The third-order valence-electron chi connectivity index (χ3n) is 4.06. The molecule has 0 aromatic heterocycles. The molecule has 0 amide bonds. The highest BCUT2D eigenvalue weighted by molar-refractivity contribution is 6.74. The van der Waals surface area contributed by atoms with E-state index in [-0.39, 0.29) is 5.04 Å². The number of allylic oxidation sites excluding steroid dienone is 3. The Morgan fingerprint density at radius 3 is 2.35 bits per heavy atom. The molecule has 20 heavy (non-hydrogen) atoms. The van der Waals surface area contributed by atoms with Gasteiger partial charge in [-0.25, -0.2) is 0 Å². The van der Waals surface area contributed by atoms with Gasteiger partial charge < -0.3 is 4.43 Å². The van der Waals surface area contributed by atoms with E-state index in [1.165, 1.54) is 12.0 Å². The largest absolute Gasteiger partial charge is 0.413 e. The highest BCUT2D eigenvalue weighted by Crippen LogP contribution is 2.36. The van der Waals surface area contributed by atoms with Crippen LogP contribution in [0.4, 0.5) is 0 Å². The third kappa shape index (κ3) is 8.49. The second-order valence-corrected chi connectivity index (χ2v) is 11.7. The maximum absolute atomic E-state index is 10.3. The summed E-state index contributed by atoms with van der Waals surface area (Å²) < 4.78 is 6.07. The van der Waals surface area contributed by atoms with Crippen LogP contribution in [0.3, 0.4) is 0 Å². The monoisotopic (exact) mass is 296 g/mol. The van der Waals surface area contributed by atoms with Crippen molar-refractivity contribution in [2.75, 3.05) is 6.61 Å². The summed E-state index contributed by atoms with van der Waals surface area (Å²) in [6, 6.07) is 0. The molecule has 0 aliphatic heterocycles. The Morgan fingerprint density at radius 1 is 1.15 bits per heavy atom. The summed E-state index contributed by atoms with van der Waals surface area (Å²) >= 11 is 0. The van der Waals surface area contributed by atoms with E-state index >= 15 is 0 Å². The first-order chi connectivity index (χ1) is 9.20. The molecule has 0 fully saturated rings. The van der Waals surface area contributed by atoms with Gasteiger partial charge in [-0.2, -0.15) is 0 Å². The first kappa shape index (κ1) is 19.3. The van der Waals surface area contributed by atoms with Crippen molar-refractivity contribution in [1.82, 2.24) is 0 Å². The molecule has 0 atom stereocenters. The average molecular weight is 297 g/mol. The predicted octanol–water partition coefficient (Wildman–Crippen LogP) is 5.27. The molecule has 116 valence electrons. The first-order valence-electron chi connectivity index (χ1n) is 7.60. The van der Waals surface area contributed by atoms with Crippen LogP contribution < -0.4 is 0 Å². The van der Waals surface area contributed by atoms with E-state index in [2.05, 4.69) is 46.0 Å². The van der Waals surface area contributed by atoms with Crippen molar-refractivity contribution in [2.24, 2.45) is 0 Å². The fourth-order valence-corrected chi connectivity index (χ4v) is 2.47. The van der Waals surface area contributed by atoms with E-state index in [1.54, 1.807) is 6.08 Å². The molecule has 0 spiro atoms. The van der Waals surface area contributed by atoms with E-state index in [1.807, 2.05) is 6.92 Å². The Labute approximate surface area is 126 Å². The quantitative estimate of drug-likeness (QED) is 0.190. The first-order valence-corrected chi connectivity index (χ1v) is 10.5. The lowest BCUT2D eigenvalue weighted by atomic mass is 10.1. The van der Waals surface area contributed by atoms with Gasteiger partial charge in [-0.15, -0.1) is 0 Å². The maximum Gasteiger partial charge on any atom is 0.192 e. The van der Waals surface area contributed by atoms with Crippen LogP contribution in [0.2, 0.25) is 18.1 Å². The summed E-state index contributed by atoms with van der Waals surface area (Å²) in [4.78, 5) is 10.3. The number of hydrogen-bond donors (Lipinski definition) is 0. The third-order valence-corrected chi connectivity index (χ3v) is 8.56. The van der Waals surface area contributed by atoms with Gasteiger partial charge in [-0.05, 0) is 56.8 Å². The van der Waals surface area contributed by atoms with E-state index in [4.69, 9.17) is 4.43 Å². The zero-order valence-electron chi connectivity index (χ0n) is 14.2. The molecule has 0 N–H and O–H groups in total. The summed E-state index contributed by atoms with van der Waals surface area (Å²) in [5, 5.41) is 0.281. The molecule has 0 saturated heterocycles. The highest BCUT2D eigenvalue weighted by Gasteiger charge is 2.36. The lowest BCUT2D eigenvalue weighted by Crippen LogP contribution is -2.40. The van der Waals surface area contributed by atoms with Crippen LogP contribution in [-0.4, -0.2) is 21.2 Å². The molecule has 2 nitrogen and oxygen atoms in total.